The van der Waals surface area contributed by atoms with Gasteiger partial charge in [0.05, 0.1) is 0 Å². The van der Waals surface area contributed by atoms with Gasteiger partial charge in [-0.15, -0.1) is 0 Å². The van der Waals surface area contributed by atoms with Crippen LogP contribution in [0.1, 0.15) is 59.6 Å². The second kappa shape index (κ2) is 8.58. The molecule has 2 aromatic heterocycles. The Bertz CT molecular complexity index is 828. The van der Waals surface area contributed by atoms with Gasteiger partial charge in [-0.3, -0.25) is 4.79 Å². The summed E-state index contributed by atoms with van der Waals surface area (Å²) >= 11 is 0. The number of nitrogens with one attached hydrogen (secondary N) is 2. The number of rotatable bonds is 6. The fraction of sp³-hybridized carbons (Fsp3) is 0.600. The monoisotopic (exact) mass is 384 g/mol. The molecule has 2 aromatic rings. The molecule has 0 spiro atoms. The van der Waals surface area contributed by atoms with Gasteiger partial charge in [0.15, 0.2) is 5.69 Å². The van der Waals surface area contributed by atoms with Crippen molar-refractivity contribution in [2.45, 2.75) is 51.9 Å². The molecule has 1 saturated heterocycles. The van der Waals surface area contributed by atoms with E-state index in [2.05, 4.69) is 30.7 Å². The summed E-state index contributed by atoms with van der Waals surface area (Å²) in [5, 5.41) is 10.1. The summed E-state index contributed by atoms with van der Waals surface area (Å²) in [7, 11) is 0. The highest BCUT2D eigenvalue weighted by atomic mass is 16.5. The molecule has 4 rings (SSSR count). The molecule has 1 aliphatic heterocycles. The minimum atomic E-state index is -0.173. The van der Waals surface area contributed by atoms with Crippen LogP contribution in [-0.2, 0) is 12.8 Å². The van der Waals surface area contributed by atoms with Crippen LogP contribution in [0, 0.1) is 6.92 Å². The van der Waals surface area contributed by atoms with E-state index in [1.165, 1.54) is 19.3 Å². The Hall–Kier alpha value is -2.64. The van der Waals surface area contributed by atoms with Crippen molar-refractivity contribution in [3.05, 3.63) is 28.8 Å². The van der Waals surface area contributed by atoms with E-state index < -0.39 is 0 Å². The second-order valence-electron chi connectivity index (χ2n) is 7.56. The van der Waals surface area contributed by atoms with Gasteiger partial charge in [0.25, 0.3) is 5.91 Å². The van der Waals surface area contributed by atoms with Crippen molar-refractivity contribution >= 4 is 17.7 Å². The third-order valence-corrected chi connectivity index (χ3v) is 5.38. The lowest BCUT2D eigenvalue weighted by atomic mass is 9.96. The molecule has 0 unspecified atom stereocenters. The van der Waals surface area contributed by atoms with Gasteiger partial charge in [-0.1, -0.05) is 5.16 Å². The number of anilines is 2. The Balaban J connectivity index is 1.30. The maximum Gasteiger partial charge on any atom is 0.273 e. The Labute approximate surface area is 165 Å². The number of hydrogen-bond acceptors (Lipinski definition) is 7. The topological polar surface area (TPSA) is 96.2 Å². The maximum absolute atomic E-state index is 12.4. The Morgan fingerprint density at radius 1 is 1.11 bits per heavy atom. The average Bonchev–Trinajstić information content (AvgIpc) is 3.16. The summed E-state index contributed by atoms with van der Waals surface area (Å²) < 4.78 is 5.32. The number of fused-ring (bicyclic) bond motifs is 1. The summed E-state index contributed by atoms with van der Waals surface area (Å²) in [6.45, 7) is 5.10. The van der Waals surface area contributed by atoms with Crippen LogP contribution in [0.4, 0.5) is 11.8 Å². The number of carbonyl (C=O) groups excluding carboxylic acids is 1. The second-order valence-corrected chi connectivity index (χ2v) is 7.56. The average molecular weight is 384 g/mol. The van der Waals surface area contributed by atoms with E-state index in [0.29, 0.717) is 24.7 Å². The van der Waals surface area contributed by atoms with E-state index in [1.807, 2.05) is 13.0 Å². The van der Waals surface area contributed by atoms with Gasteiger partial charge in [0, 0.05) is 49.9 Å². The van der Waals surface area contributed by atoms with Crippen LogP contribution in [0.15, 0.2) is 10.6 Å². The van der Waals surface area contributed by atoms with Crippen LogP contribution in [0.25, 0.3) is 0 Å². The highest BCUT2D eigenvalue weighted by Crippen LogP contribution is 2.24. The molecule has 1 amide bonds. The first kappa shape index (κ1) is 18.7. The van der Waals surface area contributed by atoms with Crippen molar-refractivity contribution in [1.82, 2.24) is 20.4 Å². The van der Waals surface area contributed by atoms with Gasteiger partial charge in [-0.25, -0.2) is 4.98 Å². The Morgan fingerprint density at radius 2 is 1.93 bits per heavy atom. The van der Waals surface area contributed by atoms with E-state index >= 15 is 0 Å². The smallest absolute Gasteiger partial charge is 0.273 e. The van der Waals surface area contributed by atoms with Crippen LogP contribution in [-0.4, -0.2) is 47.2 Å². The predicted octanol–water partition coefficient (Wildman–Crippen LogP) is 2.48. The number of carbonyl (C=O) groups is 1. The van der Waals surface area contributed by atoms with Crippen LogP contribution in [0.3, 0.4) is 0 Å². The van der Waals surface area contributed by atoms with Gasteiger partial charge in [-0.05, 0) is 45.4 Å². The molecule has 28 heavy (non-hydrogen) atoms. The molecule has 0 saturated carbocycles. The number of piperidine rings is 1. The molecule has 0 bridgehead atoms. The summed E-state index contributed by atoms with van der Waals surface area (Å²) in [4.78, 5) is 23.8. The lowest BCUT2D eigenvalue weighted by Crippen LogP contribution is -2.31. The lowest BCUT2D eigenvalue weighted by molar-refractivity contribution is 0.0945. The lowest BCUT2D eigenvalue weighted by Gasteiger charge is -2.28. The van der Waals surface area contributed by atoms with Crippen LogP contribution in [0.5, 0.6) is 0 Å². The first-order valence-corrected chi connectivity index (χ1v) is 10.3. The van der Waals surface area contributed by atoms with Crippen molar-refractivity contribution in [1.29, 1.82) is 0 Å². The summed E-state index contributed by atoms with van der Waals surface area (Å²) in [5.74, 6) is 2.28. The van der Waals surface area contributed by atoms with Crippen LogP contribution >= 0.6 is 0 Å². The zero-order chi connectivity index (χ0) is 19.3. The van der Waals surface area contributed by atoms with Gasteiger partial charge >= 0.3 is 0 Å². The van der Waals surface area contributed by atoms with Gasteiger partial charge in [0.2, 0.25) is 5.95 Å². The first-order chi connectivity index (χ1) is 13.7. The Kier molecular flexibility index (Phi) is 5.73. The molecular weight excluding hydrogens is 356 g/mol. The van der Waals surface area contributed by atoms with Crippen molar-refractivity contribution in [3.63, 3.8) is 0 Å². The first-order valence-electron chi connectivity index (χ1n) is 10.3. The molecule has 1 fully saturated rings. The minimum Gasteiger partial charge on any atom is -0.360 e. The molecule has 0 atom stereocenters. The van der Waals surface area contributed by atoms with E-state index in [9.17, 15) is 4.79 Å². The van der Waals surface area contributed by atoms with E-state index in [4.69, 9.17) is 4.52 Å². The molecule has 2 aliphatic rings. The minimum absolute atomic E-state index is 0.173. The van der Waals surface area contributed by atoms with Gasteiger partial charge in [-0.2, -0.15) is 4.98 Å². The van der Waals surface area contributed by atoms with Crippen LogP contribution in [0.2, 0.25) is 0 Å². The number of aryl methyl sites for hydroxylation is 2. The third kappa shape index (κ3) is 4.26. The maximum atomic E-state index is 12.4. The third-order valence-electron chi connectivity index (χ3n) is 5.38. The summed E-state index contributed by atoms with van der Waals surface area (Å²) in [5.41, 5.74) is 2.36. The Morgan fingerprint density at radius 3 is 2.79 bits per heavy atom. The summed E-state index contributed by atoms with van der Waals surface area (Å²) in [6.07, 6.45) is 7.65. The van der Waals surface area contributed by atoms with Gasteiger partial charge < -0.3 is 20.1 Å². The van der Waals surface area contributed by atoms with E-state index in [0.717, 1.165) is 61.6 Å². The molecule has 8 nitrogen and oxygen atoms in total. The van der Waals surface area contributed by atoms with E-state index in [-0.39, 0.29) is 5.91 Å². The predicted molar refractivity (Wildman–Crippen MR) is 107 cm³/mol. The number of hydrogen-bond donors (Lipinski definition) is 2. The standard InChI is InChI=1S/C20H28N6O2/c1-14-13-17(26-11-5-2-6-12-26)24-20(23-14)22-10-9-21-19(27)18-15-7-3-4-8-16(15)28-25-18/h13H,2-12H2,1H3,(H,21,27)(H,22,23,24). The van der Waals surface area contributed by atoms with Gasteiger partial charge in [0.1, 0.15) is 11.6 Å². The number of nitrogens with zero attached hydrogens (tertiary/aromatic N) is 4. The molecule has 1 aliphatic carbocycles. The highest BCUT2D eigenvalue weighted by molar-refractivity contribution is 5.93. The molecule has 8 heteroatoms. The largest absolute Gasteiger partial charge is 0.360 e. The van der Waals surface area contributed by atoms with Crippen molar-refractivity contribution in [2.24, 2.45) is 0 Å². The van der Waals surface area contributed by atoms with Crippen molar-refractivity contribution in [3.8, 4) is 0 Å². The zero-order valence-electron chi connectivity index (χ0n) is 16.5. The molecule has 150 valence electrons. The molecule has 0 radical (unpaired) electrons. The fourth-order valence-electron chi connectivity index (χ4n) is 3.91. The number of aromatic nitrogens is 3. The highest BCUT2D eigenvalue weighted by Gasteiger charge is 2.23. The normalized spacial score (nSPS) is 16.5. The van der Waals surface area contributed by atoms with Crippen molar-refractivity contribution in [2.75, 3.05) is 36.4 Å². The molecule has 0 aromatic carbocycles. The zero-order valence-corrected chi connectivity index (χ0v) is 16.5. The fourth-order valence-corrected chi connectivity index (χ4v) is 3.91. The SMILES string of the molecule is Cc1cc(N2CCCCC2)nc(NCCNC(=O)c2noc3c2CCCC3)n1. The van der Waals surface area contributed by atoms with E-state index in [1.54, 1.807) is 0 Å². The molecule has 2 N–H and O–H groups in total. The quantitative estimate of drug-likeness (QED) is 0.739. The molecular formula is C20H28N6O2. The van der Waals surface area contributed by atoms with Crippen molar-refractivity contribution < 1.29 is 9.32 Å². The molecule has 3 heterocycles. The number of amides is 1. The summed E-state index contributed by atoms with van der Waals surface area (Å²) in [6, 6.07) is 2.03. The van der Waals surface area contributed by atoms with Crippen LogP contribution < -0.4 is 15.5 Å².